The van der Waals surface area contributed by atoms with Gasteiger partial charge in [0, 0.05) is 18.1 Å². The van der Waals surface area contributed by atoms with Gasteiger partial charge in [-0.2, -0.15) is 0 Å². The molecule has 0 radical (unpaired) electrons. The van der Waals surface area contributed by atoms with Crippen LogP contribution in [0.2, 0.25) is 5.02 Å². The van der Waals surface area contributed by atoms with Crippen molar-refractivity contribution in [2.45, 2.75) is 33.6 Å². The number of rotatable bonds is 8. The normalized spacial score (nSPS) is 13.2. The molecule has 118 valence electrons. The van der Waals surface area contributed by atoms with E-state index in [0.29, 0.717) is 18.1 Å². The van der Waals surface area contributed by atoms with Gasteiger partial charge in [0.25, 0.3) is 0 Å². The number of hydrogen-bond donors (Lipinski definition) is 2. The van der Waals surface area contributed by atoms with Crippen LogP contribution < -0.4 is 10.6 Å². The zero-order valence-corrected chi connectivity index (χ0v) is 14.3. The monoisotopic (exact) mass is 310 g/mol. The number of carbonyl (C=O) groups excluding carboxylic acids is 1. The highest BCUT2D eigenvalue weighted by Gasteiger charge is 2.20. The largest absolute Gasteiger partial charge is 0.315 e. The molecule has 1 aromatic carbocycles. The van der Waals surface area contributed by atoms with Crippen molar-refractivity contribution in [1.29, 1.82) is 0 Å². The van der Waals surface area contributed by atoms with Gasteiger partial charge in [0.2, 0.25) is 0 Å². The first kappa shape index (κ1) is 18.1. The zero-order valence-electron chi connectivity index (χ0n) is 13.5. The third-order valence-corrected chi connectivity index (χ3v) is 3.47. The summed E-state index contributed by atoms with van der Waals surface area (Å²) < 4.78 is 0. The van der Waals surface area contributed by atoms with Crippen LogP contribution in [0.5, 0.6) is 0 Å². The molecule has 0 aliphatic heterocycles. The lowest BCUT2D eigenvalue weighted by Crippen LogP contribution is -2.36. The van der Waals surface area contributed by atoms with E-state index in [1.807, 2.05) is 31.2 Å². The van der Waals surface area contributed by atoms with Crippen LogP contribution >= 0.6 is 11.6 Å². The number of hydrogen-bond acceptors (Lipinski definition) is 3. The van der Waals surface area contributed by atoms with Gasteiger partial charge >= 0.3 is 0 Å². The molecule has 1 atom stereocenters. The minimum Gasteiger partial charge on any atom is -0.315 e. The third-order valence-electron chi connectivity index (χ3n) is 3.21. The lowest BCUT2D eigenvalue weighted by atomic mass is 9.92. The summed E-state index contributed by atoms with van der Waals surface area (Å²) >= 11 is 5.93. The van der Waals surface area contributed by atoms with Crippen LogP contribution in [0.1, 0.15) is 39.2 Å². The Morgan fingerprint density at radius 2 is 1.81 bits per heavy atom. The van der Waals surface area contributed by atoms with Crippen LogP contribution in [0.25, 0.3) is 0 Å². The molecule has 21 heavy (non-hydrogen) atoms. The van der Waals surface area contributed by atoms with Crippen LogP contribution in [0.4, 0.5) is 0 Å². The summed E-state index contributed by atoms with van der Waals surface area (Å²) in [7, 11) is 0. The number of ketones is 1. The van der Waals surface area contributed by atoms with Gasteiger partial charge in [-0.05, 0) is 29.7 Å². The van der Waals surface area contributed by atoms with E-state index in [4.69, 9.17) is 11.6 Å². The first-order chi connectivity index (χ1) is 9.83. The summed E-state index contributed by atoms with van der Waals surface area (Å²) in [5, 5.41) is 7.22. The summed E-state index contributed by atoms with van der Waals surface area (Å²) in [5.74, 6) is 0.0734. The maximum atomic E-state index is 12.4. The molecule has 1 rings (SSSR count). The van der Waals surface area contributed by atoms with Crippen molar-refractivity contribution in [1.82, 2.24) is 10.6 Å². The summed E-state index contributed by atoms with van der Waals surface area (Å²) in [6.45, 7) is 11.3. The van der Waals surface area contributed by atoms with Crippen molar-refractivity contribution in [2.24, 2.45) is 5.41 Å². The first-order valence-electron chi connectivity index (χ1n) is 7.53. The number of nitrogens with one attached hydrogen (secondary N) is 2. The minimum absolute atomic E-state index is 0.135. The van der Waals surface area contributed by atoms with E-state index in [1.54, 1.807) is 0 Å². The van der Waals surface area contributed by atoms with Crippen LogP contribution in [-0.2, 0) is 4.79 Å². The molecule has 0 amide bonds. The number of benzene rings is 1. The van der Waals surface area contributed by atoms with E-state index >= 15 is 0 Å². The molecular formula is C17H27ClN2O. The van der Waals surface area contributed by atoms with Crippen LogP contribution in [0.15, 0.2) is 24.3 Å². The highest BCUT2D eigenvalue weighted by Crippen LogP contribution is 2.20. The Labute approximate surface area is 133 Å². The lowest BCUT2D eigenvalue weighted by molar-refractivity contribution is -0.119. The summed E-state index contributed by atoms with van der Waals surface area (Å²) in [6.07, 6.45) is 0. The molecule has 0 aliphatic carbocycles. The van der Waals surface area contributed by atoms with Gasteiger partial charge in [-0.3, -0.25) is 4.79 Å². The lowest BCUT2D eigenvalue weighted by Gasteiger charge is -2.22. The first-order valence-corrected chi connectivity index (χ1v) is 7.91. The maximum absolute atomic E-state index is 12.4. The predicted molar refractivity (Wildman–Crippen MR) is 90.1 cm³/mol. The molecule has 0 fully saturated rings. The Bertz CT molecular complexity index is 437. The Hall–Kier alpha value is -0.900. The van der Waals surface area contributed by atoms with Crippen molar-refractivity contribution in [3.05, 3.63) is 34.9 Å². The Morgan fingerprint density at radius 1 is 1.19 bits per heavy atom. The fourth-order valence-electron chi connectivity index (χ4n) is 2.08. The standard InChI is InChI=1S/C17H27ClN2O/c1-5-19-11-16(21)15(10-20-12-17(2,3)4)13-6-8-14(18)9-7-13/h6-9,15,19-20H,5,10-12H2,1-4H3. The average Bonchev–Trinajstić information content (AvgIpc) is 2.41. The highest BCUT2D eigenvalue weighted by atomic mass is 35.5. The predicted octanol–water partition coefficient (Wildman–Crippen LogP) is 3.24. The van der Waals surface area contributed by atoms with Crippen molar-refractivity contribution >= 4 is 17.4 Å². The summed E-state index contributed by atoms with van der Waals surface area (Å²) in [4.78, 5) is 12.4. The number of Topliss-reactive ketones (excluding diaryl/α,β-unsaturated/α-hetero) is 1. The van der Waals surface area contributed by atoms with Gasteiger partial charge in [0.1, 0.15) is 0 Å². The Morgan fingerprint density at radius 3 is 2.33 bits per heavy atom. The molecule has 1 unspecified atom stereocenters. The van der Waals surface area contributed by atoms with Gasteiger partial charge in [0.05, 0.1) is 12.5 Å². The third kappa shape index (κ3) is 7.07. The number of halogens is 1. The fourth-order valence-corrected chi connectivity index (χ4v) is 2.20. The molecule has 0 spiro atoms. The van der Waals surface area contributed by atoms with Crippen molar-refractivity contribution < 1.29 is 4.79 Å². The molecule has 0 heterocycles. The van der Waals surface area contributed by atoms with E-state index in [9.17, 15) is 4.79 Å². The van der Waals surface area contributed by atoms with E-state index < -0.39 is 0 Å². The van der Waals surface area contributed by atoms with Gasteiger partial charge in [-0.1, -0.05) is 51.4 Å². The smallest absolute Gasteiger partial charge is 0.155 e. The van der Waals surface area contributed by atoms with Crippen LogP contribution in [0.3, 0.4) is 0 Å². The van der Waals surface area contributed by atoms with E-state index in [0.717, 1.165) is 18.7 Å². The second kappa shape index (κ2) is 8.52. The average molecular weight is 311 g/mol. The highest BCUT2D eigenvalue weighted by molar-refractivity contribution is 6.30. The second-order valence-corrected chi connectivity index (χ2v) is 6.98. The molecule has 4 heteroatoms. The molecule has 2 N–H and O–H groups in total. The van der Waals surface area contributed by atoms with Gasteiger partial charge in [-0.15, -0.1) is 0 Å². The fraction of sp³-hybridized carbons (Fsp3) is 0.588. The van der Waals surface area contributed by atoms with Crippen molar-refractivity contribution in [2.75, 3.05) is 26.2 Å². The summed E-state index contributed by atoms with van der Waals surface area (Å²) in [6, 6.07) is 7.56. The Kier molecular flexibility index (Phi) is 7.36. The number of likely N-dealkylation sites (N-methyl/N-ethyl adjacent to an activating group) is 1. The number of carbonyl (C=O) groups is 1. The molecule has 0 aliphatic rings. The van der Waals surface area contributed by atoms with E-state index in [-0.39, 0.29) is 17.1 Å². The maximum Gasteiger partial charge on any atom is 0.155 e. The topological polar surface area (TPSA) is 41.1 Å². The van der Waals surface area contributed by atoms with Crippen LogP contribution in [0, 0.1) is 5.41 Å². The quantitative estimate of drug-likeness (QED) is 0.774. The minimum atomic E-state index is -0.135. The van der Waals surface area contributed by atoms with Crippen molar-refractivity contribution in [3.63, 3.8) is 0 Å². The summed E-state index contributed by atoms with van der Waals surface area (Å²) in [5.41, 5.74) is 1.22. The van der Waals surface area contributed by atoms with E-state index in [1.165, 1.54) is 0 Å². The molecule has 0 bridgehead atoms. The SMILES string of the molecule is CCNCC(=O)C(CNCC(C)(C)C)c1ccc(Cl)cc1. The molecule has 0 saturated heterocycles. The van der Waals surface area contributed by atoms with Gasteiger partial charge < -0.3 is 10.6 Å². The second-order valence-electron chi connectivity index (χ2n) is 6.54. The van der Waals surface area contributed by atoms with E-state index in [2.05, 4.69) is 31.4 Å². The van der Waals surface area contributed by atoms with Gasteiger partial charge in [0.15, 0.2) is 5.78 Å². The van der Waals surface area contributed by atoms with Crippen LogP contribution in [-0.4, -0.2) is 32.0 Å². The molecule has 0 aromatic heterocycles. The molecule has 3 nitrogen and oxygen atoms in total. The van der Waals surface area contributed by atoms with Gasteiger partial charge in [-0.25, -0.2) is 0 Å². The Balaban J connectivity index is 2.74. The molecular weight excluding hydrogens is 284 g/mol. The molecule has 1 aromatic rings. The van der Waals surface area contributed by atoms with Crippen molar-refractivity contribution in [3.8, 4) is 0 Å². The molecule has 0 saturated carbocycles. The zero-order chi connectivity index (χ0) is 15.9.